The molecule has 1 aliphatic rings. The van der Waals surface area contributed by atoms with Gasteiger partial charge in [0.05, 0.1) is 11.3 Å². The molecule has 1 aromatic carbocycles. The molecule has 6 nitrogen and oxygen atoms in total. The van der Waals surface area contributed by atoms with Crippen molar-refractivity contribution in [3.05, 3.63) is 58.4 Å². The van der Waals surface area contributed by atoms with Crippen LogP contribution in [0.25, 0.3) is 0 Å². The Morgan fingerprint density at radius 2 is 2.30 bits per heavy atom. The van der Waals surface area contributed by atoms with E-state index in [4.69, 9.17) is 0 Å². The van der Waals surface area contributed by atoms with Crippen LogP contribution >= 0.6 is 0 Å². The van der Waals surface area contributed by atoms with E-state index in [0.29, 0.717) is 18.0 Å². The summed E-state index contributed by atoms with van der Waals surface area (Å²) in [5.41, 5.74) is 0.401. The predicted molar refractivity (Wildman–Crippen MR) is 83.4 cm³/mol. The van der Waals surface area contributed by atoms with E-state index >= 15 is 0 Å². The molecule has 23 heavy (non-hydrogen) atoms. The van der Waals surface area contributed by atoms with Gasteiger partial charge in [0.25, 0.3) is 5.69 Å². The number of halogens is 1. The third-order valence-corrected chi connectivity index (χ3v) is 4.54. The number of hydrogen-bond acceptors (Lipinski definition) is 4. The molecule has 0 bridgehead atoms. The molecule has 2 atom stereocenters. The van der Waals surface area contributed by atoms with Gasteiger partial charge in [-0.15, -0.1) is 0 Å². The average molecular weight is 318 g/mol. The van der Waals surface area contributed by atoms with Crippen LogP contribution in [0.1, 0.15) is 24.9 Å². The van der Waals surface area contributed by atoms with E-state index < -0.39 is 10.7 Å². The summed E-state index contributed by atoms with van der Waals surface area (Å²) in [5.74, 6) is 0.0603. The van der Waals surface area contributed by atoms with Crippen molar-refractivity contribution in [2.75, 3.05) is 13.1 Å². The number of likely N-dealkylation sites (tertiary alicyclic amines) is 1. The summed E-state index contributed by atoms with van der Waals surface area (Å²) in [6, 6.07) is 3.92. The Morgan fingerprint density at radius 1 is 1.48 bits per heavy atom. The van der Waals surface area contributed by atoms with Gasteiger partial charge in [0.15, 0.2) is 0 Å². The molecule has 2 heterocycles. The average Bonchev–Trinajstić information content (AvgIpc) is 3.03. The van der Waals surface area contributed by atoms with Crippen molar-refractivity contribution in [1.82, 2.24) is 14.5 Å². The van der Waals surface area contributed by atoms with Gasteiger partial charge in [-0.25, -0.2) is 9.37 Å². The molecule has 122 valence electrons. The maximum atomic E-state index is 13.5. The molecule has 1 aromatic heterocycles. The number of nitro benzene ring substituents is 1. The Hall–Kier alpha value is -2.28. The lowest BCUT2D eigenvalue weighted by atomic mass is 9.93. The van der Waals surface area contributed by atoms with Crippen LogP contribution < -0.4 is 0 Å². The van der Waals surface area contributed by atoms with Crippen molar-refractivity contribution in [3.8, 4) is 0 Å². The minimum absolute atomic E-state index is 0.0239. The summed E-state index contributed by atoms with van der Waals surface area (Å²) >= 11 is 0. The molecule has 2 aromatic rings. The van der Waals surface area contributed by atoms with E-state index in [1.807, 2.05) is 6.20 Å². The van der Waals surface area contributed by atoms with Crippen LogP contribution in [0, 0.1) is 21.8 Å². The van der Waals surface area contributed by atoms with E-state index in [2.05, 4.69) is 21.4 Å². The van der Waals surface area contributed by atoms with Crippen LogP contribution in [0.3, 0.4) is 0 Å². The molecule has 0 N–H and O–H groups in total. The van der Waals surface area contributed by atoms with Crippen LogP contribution in [0.15, 0.2) is 36.9 Å². The van der Waals surface area contributed by atoms with Gasteiger partial charge < -0.3 is 4.57 Å². The zero-order valence-corrected chi connectivity index (χ0v) is 12.9. The van der Waals surface area contributed by atoms with E-state index in [1.165, 1.54) is 12.1 Å². The number of piperidine rings is 1. The van der Waals surface area contributed by atoms with E-state index in [1.54, 1.807) is 12.5 Å². The number of nitrogens with zero attached hydrogens (tertiary/aromatic N) is 4. The topological polar surface area (TPSA) is 64.2 Å². The Kier molecular flexibility index (Phi) is 4.38. The second kappa shape index (κ2) is 6.45. The molecule has 0 aliphatic carbocycles. The fourth-order valence-corrected chi connectivity index (χ4v) is 3.21. The predicted octanol–water partition coefficient (Wildman–Crippen LogP) is 3.01. The number of benzene rings is 1. The highest BCUT2D eigenvalue weighted by molar-refractivity contribution is 5.40. The SMILES string of the molecule is C[C@@H]1CCN(Cc2cc(F)ccc2[N+](=O)[O-])C[C@H]1n1ccnc1. The molecule has 3 rings (SSSR count). The van der Waals surface area contributed by atoms with Crippen LogP contribution in [-0.4, -0.2) is 32.5 Å². The zero-order valence-electron chi connectivity index (χ0n) is 12.9. The Labute approximate surface area is 133 Å². The molecule has 1 saturated heterocycles. The van der Waals surface area contributed by atoms with Crippen molar-refractivity contribution in [3.63, 3.8) is 0 Å². The van der Waals surface area contributed by atoms with Gasteiger partial charge in [0.2, 0.25) is 0 Å². The first-order valence-corrected chi connectivity index (χ1v) is 7.67. The third-order valence-electron chi connectivity index (χ3n) is 4.54. The van der Waals surface area contributed by atoms with Crippen LogP contribution in [-0.2, 0) is 6.54 Å². The highest BCUT2D eigenvalue weighted by Crippen LogP contribution is 2.30. The maximum absolute atomic E-state index is 13.5. The third kappa shape index (κ3) is 3.39. The number of rotatable bonds is 4. The standard InChI is InChI=1S/C16H19FN4O2/c1-12-4-6-19(10-16(12)20-7-5-18-11-20)9-13-8-14(17)2-3-15(13)21(22)23/h2-3,5,7-8,11-12,16H,4,6,9-10H2,1H3/t12-,16-/m1/s1. The Bertz CT molecular complexity index is 689. The van der Waals surface area contributed by atoms with Crippen LogP contribution in [0.2, 0.25) is 0 Å². The lowest BCUT2D eigenvalue weighted by molar-refractivity contribution is -0.385. The lowest BCUT2D eigenvalue weighted by Crippen LogP contribution is -2.40. The summed E-state index contributed by atoms with van der Waals surface area (Å²) in [5, 5.41) is 11.1. The van der Waals surface area contributed by atoms with Crippen molar-refractivity contribution < 1.29 is 9.31 Å². The van der Waals surface area contributed by atoms with Gasteiger partial charge in [-0.05, 0) is 31.0 Å². The largest absolute Gasteiger partial charge is 0.333 e. The number of aromatic nitrogens is 2. The Morgan fingerprint density at radius 3 is 3.00 bits per heavy atom. The van der Waals surface area contributed by atoms with Gasteiger partial charge in [0, 0.05) is 43.2 Å². The van der Waals surface area contributed by atoms with Crippen molar-refractivity contribution >= 4 is 5.69 Å². The van der Waals surface area contributed by atoms with Crippen molar-refractivity contribution in [1.29, 1.82) is 0 Å². The van der Waals surface area contributed by atoms with E-state index in [-0.39, 0.29) is 11.7 Å². The van der Waals surface area contributed by atoms with Gasteiger partial charge in [-0.3, -0.25) is 15.0 Å². The molecule has 1 aliphatic heterocycles. The van der Waals surface area contributed by atoms with Crippen molar-refractivity contribution in [2.45, 2.75) is 25.9 Å². The zero-order chi connectivity index (χ0) is 16.4. The monoisotopic (exact) mass is 318 g/mol. The first kappa shape index (κ1) is 15.6. The van der Waals surface area contributed by atoms with Gasteiger partial charge in [-0.2, -0.15) is 0 Å². The quantitative estimate of drug-likeness (QED) is 0.642. The minimum atomic E-state index is -0.450. The first-order valence-electron chi connectivity index (χ1n) is 7.67. The molecular formula is C16H19FN4O2. The molecule has 0 amide bonds. The maximum Gasteiger partial charge on any atom is 0.274 e. The molecule has 0 saturated carbocycles. The number of imidazole rings is 1. The second-order valence-corrected chi connectivity index (χ2v) is 6.11. The highest BCUT2D eigenvalue weighted by Gasteiger charge is 2.28. The minimum Gasteiger partial charge on any atom is -0.333 e. The van der Waals surface area contributed by atoms with Gasteiger partial charge >= 0.3 is 0 Å². The number of nitro groups is 1. The summed E-state index contributed by atoms with van der Waals surface area (Å²) in [4.78, 5) is 16.9. The lowest BCUT2D eigenvalue weighted by Gasteiger charge is -2.37. The highest BCUT2D eigenvalue weighted by atomic mass is 19.1. The molecule has 7 heteroatoms. The summed E-state index contributed by atoms with van der Waals surface area (Å²) in [7, 11) is 0. The smallest absolute Gasteiger partial charge is 0.274 e. The second-order valence-electron chi connectivity index (χ2n) is 6.11. The molecule has 0 radical (unpaired) electrons. The molecule has 0 spiro atoms. The molecule has 1 fully saturated rings. The van der Waals surface area contributed by atoms with Crippen molar-refractivity contribution in [2.24, 2.45) is 5.92 Å². The van der Waals surface area contributed by atoms with Gasteiger partial charge in [-0.1, -0.05) is 6.92 Å². The normalized spacial score (nSPS) is 22.2. The Balaban J connectivity index is 1.78. The van der Waals surface area contributed by atoms with Gasteiger partial charge in [0.1, 0.15) is 5.82 Å². The van der Waals surface area contributed by atoms with E-state index in [9.17, 15) is 14.5 Å². The fourth-order valence-electron chi connectivity index (χ4n) is 3.21. The van der Waals surface area contributed by atoms with Crippen LogP contribution in [0.4, 0.5) is 10.1 Å². The number of hydrogen-bond donors (Lipinski definition) is 0. The van der Waals surface area contributed by atoms with Crippen LogP contribution in [0.5, 0.6) is 0 Å². The summed E-state index contributed by atoms with van der Waals surface area (Å²) in [6.07, 6.45) is 6.49. The summed E-state index contributed by atoms with van der Waals surface area (Å²) in [6.45, 7) is 4.20. The van der Waals surface area contributed by atoms with E-state index in [0.717, 1.165) is 25.6 Å². The molecular weight excluding hydrogens is 299 g/mol. The first-order chi connectivity index (χ1) is 11.0. The molecule has 0 unspecified atom stereocenters. The summed E-state index contributed by atoms with van der Waals surface area (Å²) < 4.78 is 15.6. The fraction of sp³-hybridized carbons (Fsp3) is 0.438.